The molecule has 13 aromatic rings. The molecular weight excluding hydrogens is 761 g/mol. The molecule has 0 N–H and O–H groups in total. The first-order valence-corrected chi connectivity index (χ1v) is 21.5. The van der Waals surface area contributed by atoms with Crippen molar-refractivity contribution in [3.8, 4) is 17.2 Å². The van der Waals surface area contributed by atoms with Gasteiger partial charge in [-0.25, -0.2) is 9.97 Å². The van der Waals surface area contributed by atoms with Gasteiger partial charge in [0.1, 0.15) is 0 Å². The molecule has 61 heavy (non-hydrogen) atoms. The Kier molecular flexibility index (Phi) is 7.44. The summed E-state index contributed by atoms with van der Waals surface area (Å²) in [6.07, 6.45) is 0. The molecule has 0 saturated carbocycles. The van der Waals surface area contributed by atoms with Gasteiger partial charge in [0.2, 0.25) is 5.95 Å². The normalized spacial score (nSPS) is 11.9. The third-order valence-electron chi connectivity index (χ3n) is 12.3. The van der Waals surface area contributed by atoms with Crippen molar-refractivity contribution in [2.45, 2.75) is 0 Å². The lowest BCUT2D eigenvalue weighted by atomic mass is 9.97. The zero-order valence-electron chi connectivity index (χ0n) is 32.8. The van der Waals surface area contributed by atoms with Crippen LogP contribution in [0.3, 0.4) is 0 Å². The Morgan fingerprint density at radius 1 is 0.393 bits per heavy atom. The van der Waals surface area contributed by atoms with Gasteiger partial charge >= 0.3 is 0 Å². The van der Waals surface area contributed by atoms with Gasteiger partial charge in [0.05, 0.1) is 22.2 Å². The van der Waals surface area contributed by atoms with Gasteiger partial charge in [0.25, 0.3) is 0 Å². The Balaban J connectivity index is 1.10. The third-order valence-corrected chi connectivity index (χ3v) is 13.5. The summed E-state index contributed by atoms with van der Waals surface area (Å²) in [5, 5.41) is 13.2. The lowest BCUT2D eigenvalue weighted by Crippen LogP contribution is -2.10. The van der Waals surface area contributed by atoms with Crippen molar-refractivity contribution in [2.75, 3.05) is 4.90 Å². The van der Waals surface area contributed by atoms with Crippen LogP contribution in [0.15, 0.2) is 206 Å². The number of para-hydroxylation sites is 2. The SMILES string of the molecule is c1ccc(N(c2ccc3ccccc3c2)c2ccc3c(c2)c2c4ccccc4ccc2n3-c2nc(-c3cc4ccccc4c4c3sc3ccccc34)c3ccccc3n2)cc1. The van der Waals surface area contributed by atoms with Crippen LogP contribution in [-0.2, 0) is 0 Å². The molecule has 0 aliphatic carbocycles. The summed E-state index contributed by atoms with van der Waals surface area (Å²) in [5.74, 6) is 0.647. The molecule has 0 aliphatic heterocycles. The summed E-state index contributed by atoms with van der Waals surface area (Å²) in [6.45, 7) is 0. The number of aromatic nitrogens is 3. The van der Waals surface area contributed by atoms with Crippen LogP contribution in [0.5, 0.6) is 0 Å². The van der Waals surface area contributed by atoms with E-state index in [1.165, 1.54) is 57.9 Å². The molecule has 3 heterocycles. The maximum Gasteiger partial charge on any atom is 0.235 e. The van der Waals surface area contributed by atoms with Gasteiger partial charge in [-0.05, 0) is 99.0 Å². The van der Waals surface area contributed by atoms with E-state index in [1.54, 1.807) is 0 Å². The number of hydrogen-bond donors (Lipinski definition) is 0. The van der Waals surface area contributed by atoms with Gasteiger partial charge in [0.15, 0.2) is 0 Å². The minimum absolute atomic E-state index is 0.647. The van der Waals surface area contributed by atoms with Gasteiger partial charge in [-0.3, -0.25) is 4.57 Å². The first kappa shape index (κ1) is 34.0. The molecule has 0 amide bonds. The van der Waals surface area contributed by atoms with Crippen molar-refractivity contribution >= 4 is 114 Å². The molecule has 0 atom stereocenters. The number of fused-ring (bicyclic) bond motifs is 12. The van der Waals surface area contributed by atoms with Gasteiger partial charge in [-0.2, -0.15) is 0 Å². The number of benzene rings is 10. The predicted molar refractivity (Wildman–Crippen MR) is 259 cm³/mol. The van der Waals surface area contributed by atoms with E-state index in [1.807, 2.05) is 11.3 Å². The van der Waals surface area contributed by atoms with Crippen LogP contribution in [0.1, 0.15) is 0 Å². The Hall–Kier alpha value is -7.86. The second kappa shape index (κ2) is 13.3. The van der Waals surface area contributed by atoms with Crippen LogP contribution in [0.2, 0.25) is 0 Å². The zero-order valence-corrected chi connectivity index (χ0v) is 33.6. The van der Waals surface area contributed by atoms with E-state index >= 15 is 0 Å². The molecule has 0 aliphatic rings. The molecule has 0 unspecified atom stereocenters. The molecule has 0 bridgehead atoms. The predicted octanol–water partition coefficient (Wildman–Crippen LogP) is 15.7. The van der Waals surface area contributed by atoms with Crippen molar-refractivity contribution < 1.29 is 0 Å². The minimum atomic E-state index is 0.647. The van der Waals surface area contributed by atoms with E-state index in [-0.39, 0.29) is 0 Å². The fraction of sp³-hybridized carbons (Fsp3) is 0. The van der Waals surface area contributed by atoms with Gasteiger partial charge in [-0.15, -0.1) is 11.3 Å². The van der Waals surface area contributed by atoms with E-state index in [9.17, 15) is 0 Å². The number of thiophene rings is 1. The Morgan fingerprint density at radius 2 is 1.02 bits per heavy atom. The largest absolute Gasteiger partial charge is 0.310 e. The van der Waals surface area contributed by atoms with Crippen molar-refractivity contribution in [3.63, 3.8) is 0 Å². The van der Waals surface area contributed by atoms with Crippen LogP contribution in [-0.4, -0.2) is 14.5 Å². The topological polar surface area (TPSA) is 34.0 Å². The maximum atomic E-state index is 5.65. The summed E-state index contributed by atoms with van der Waals surface area (Å²) < 4.78 is 4.79. The second-order valence-electron chi connectivity index (χ2n) is 15.8. The van der Waals surface area contributed by atoms with Crippen molar-refractivity contribution in [3.05, 3.63) is 206 Å². The highest BCUT2D eigenvalue weighted by molar-refractivity contribution is 7.26. The Labute approximate surface area is 354 Å². The molecule has 0 fully saturated rings. The van der Waals surface area contributed by atoms with Crippen molar-refractivity contribution in [2.24, 2.45) is 0 Å². The molecule has 4 nitrogen and oxygen atoms in total. The lowest BCUT2D eigenvalue weighted by molar-refractivity contribution is 1.01. The first-order valence-electron chi connectivity index (χ1n) is 20.7. The van der Waals surface area contributed by atoms with Crippen LogP contribution >= 0.6 is 11.3 Å². The molecule has 5 heteroatoms. The van der Waals surface area contributed by atoms with Gasteiger partial charge in [-0.1, -0.05) is 140 Å². The highest BCUT2D eigenvalue weighted by atomic mass is 32.1. The zero-order chi connectivity index (χ0) is 40.0. The smallest absolute Gasteiger partial charge is 0.235 e. The van der Waals surface area contributed by atoms with Crippen LogP contribution in [0.25, 0.3) is 102 Å². The van der Waals surface area contributed by atoms with Crippen molar-refractivity contribution in [1.29, 1.82) is 0 Å². The van der Waals surface area contributed by atoms with Crippen molar-refractivity contribution in [1.82, 2.24) is 14.5 Å². The molecule has 0 spiro atoms. The first-order chi connectivity index (χ1) is 30.2. The molecule has 0 radical (unpaired) electrons. The highest BCUT2D eigenvalue weighted by Crippen LogP contribution is 2.46. The summed E-state index contributed by atoms with van der Waals surface area (Å²) in [7, 11) is 0. The standard InChI is InChI=1S/C56H34N4S/c1-2-18-39(19-3-1)59(40-28-26-35-14-4-5-16-37(35)32-40)41-29-31-49-46(34-41)52-42-20-8-6-15-36(42)27-30-50(52)60(49)56-57-48-24-12-10-22-44(48)54(58-56)47-33-38-17-7-9-21-43(38)53-45-23-11-13-25-51(45)61-55(47)53/h1-34H. The van der Waals surface area contributed by atoms with Crippen LogP contribution in [0.4, 0.5) is 17.1 Å². The average molecular weight is 795 g/mol. The number of nitrogens with zero attached hydrogens (tertiary/aromatic N) is 4. The Bertz CT molecular complexity index is 3900. The van der Waals surface area contributed by atoms with E-state index in [2.05, 4.69) is 216 Å². The number of hydrogen-bond acceptors (Lipinski definition) is 4. The average Bonchev–Trinajstić information content (AvgIpc) is 3.88. The number of rotatable bonds is 5. The van der Waals surface area contributed by atoms with Crippen LogP contribution < -0.4 is 4.90 Å². The molecule has 13 rings (SSSR count). The quantitative estimate of drug-likeness (QED) is 0.174. The van der Waals surface area contributed by atoms with E-state index < -0.39 is 0 Å². The number of anilines is 3. The summed E-state index contributed by atoms with van der Waals surface area (Å²) in [5.41, 5.74) is 8.34. The molecule has 10 aromatic carbocycles. The highest BCUT2D eigenvalue weighted by Gasteiger charge is 2.23. The molecule has 3 aromatic heterocycles. The fourth-order valence-electron chi connectivity index (χ4n) is 9.59. The van der Waals surface area contributed by atoms with E-state index in [4.69, 9.17) is 9.97 Å². The second-order valence-corrected chi connectivity index (χ2v) is 16.8. The van der Waals surface area contributed by atoms with E-state index in [0.29, 0.717) is 5.95 Å². The maximum absolute atomic E-state index is 5.65. The monoisotopic (exact) mass is 794 g/mol. The Morgan fingerprint density at radius 3 is 1.87 bits per heavy atom. The lowest BCUT2D eigenvalue weighted by Gasteiger charge is -2.26. The fourth-order valence-corrected chi connectivity index (χ4v) is 10.8. The molecule has 0 saturated heterocycles. The minimum Gasteiger partial charge on any atom is -0.310 e. The molecular formula is C56H34N4S. The van der Waals surface area contributed by atoms with Crippen LogP contribution in [0, 0.1) is 0 Å². The third kappa shape index (κ3) is 5.24. The summed E-state index contributed by atoms with van der Waals surface area (Å²) >= 11 is 1.85. The van der Waals surface area contributed by atoms with Gasteiger partial charge < -0.3 is 4.90 Å². The summed E-state index contributed by atoms with van der Waals surface area (Å²) in [6, 6.07) is 74.3. The van der Waals surface area contributed by atoms with Gasteiger partial charge in [0, 0.05) is 59.0 Å². The molecule has 284 valence electrons. The summed E-state index contributed by atoms with van der Waals surface area (Å²) in [4.78, 5) is 13.4. The van der Waals surface area contributed by atoms with E-state index in [0.717, 1.165) is 55.6 Å².